The molecule has 1 heterocycles. The first-order valence-electron chi connectivity index (χ1n) is 7.40. The molecule has 0 amide bonds. The van der Waals surface area contributed by atoms with Crippen molar-refractivity contribution in [1.29, 1.82) is 0 Å². The van der Waals surface area contributed by atoms with Crippen LogP contribution in [0, 0.1) is 5.92 Å². The molecular formula is C14H26N2O2. The predicted octanol–water partition coefficient (Wildman–Crippen LogP) is 1.71. The minimum absolute atomic E-state index is 0.301. The smallest absolute Gasteiger partial charge is 0.324 e. The molecule has 0 aromatic rings. The topological polar surface area (TPSA) is 52.6 Å². The molecule has 2 atom stereocenters. The van der Waals surface area contributed by atoms with Gasteiger partial charge in [0.1, 0.15) is 5.54 Å². The van der Waals surface area contributed by atoms with Crippen molar-refractivity contribution in [2.75, 3.05) is 26.2 Å². The van der Waals surface area contributed by atoms with Crippen LogP contribution in [0.15, 0.2) is 0 Å². The van der Waals surface area contributed by atoms with E-state index in [1.54, 1.807) is 0 Å². The van der Waals surface area contributed by atoms with Gasteiger partial charge in [0, 0.05) is 0 Å². The van der Waals surface area contributed by atoms with Gasteiger partial charge in [0.05, 0.1) is 0 Å². The minimum Gasteiger partial charge on any atom is -0.480 e. The van der Waals surface area contributed by atoms with E-state index in [0.29, 0.717) is 5.92 Å². The highest BCUT2D eigenvalue weighted by atomic mass is 16.4. The number of likely N-dealkylation sites (tertiary alicyclic amines) is 1. The minimum atomic E-state index is -0.645. The summed E-state index contributed by atoms with van der Waals surface area (Å²) in [6.45, 7) is 6.22. The quantitative estimate of drug-likeness (QED) is 0.757. The average molecular weight is 254 g/mol. The van der Waals surface area contributed by atoms with Gasteiger partial charge in [-0.15, -0.1) is 0 Å². The van der Waals surface area contributed by atoms with E-state index < -0.39 is 11.5 Å². The van der Waals surface area contributed by atoms with Gasteiger partial charge in [-0.25, -0.2) is 0 Å². The molecule has 18 heavy (non-hydrogen) atoms. The van der Waals surface area contributed by atoms with Crippen LogP contribution in [0.5, 0.6) is 0 Å². The van der Waals surface area contributed by atoms with E-state index in [9.17, 15) is 9.90 Å². The van der Waals surface area contributed by atoms with Crippen LogP contribution in [0.1, 0.15) is 45.4 Å². The van der Waals surface area contributed by atoms with Crippen LogP contribution >= 0.6 is 0 Å². The molecule has 1 saturated heterocycles. The second kappa shape index (κ2) is 6.02. The summed E-state index contributed by atoms with van der Waals surface area (Å²) in [4.78, 5) is 14.1. The lowest BCUT2D eigenvalue weighted by Gasteiger charge is -2.33. The van der Waals surface area contributed by atoms with Crippen molar-refractivity contribution in [1.82, 2.24) is 10.2 Å². The first kappa shape index (κ1) is 13.8. The number of rotatable bonds is 6. The molecule has 2 N–H and O–H groups in total. The fourth-order valence-corrected chi connectivity index (χ4v) is 3.72. The van der Waals surface area contributed by atoms with Crippen LogP contribution in [-0.2, 0) is 4.79 Å². The summed E-state index contributed by atoms with van der Waals surface area (Å²) >= 11 is 0. The maximum atomic E-state index is 11.6. The molecule has 2 fully saturated rings. The molecule has 2 rings (SSSR count). The molecule has 2 unspecified atom stereocenters. The summed E-state index contributed by atoms with van der Waals surface area (Å²) < 4.78 is 0. The second-order valence-electron chi connectivity index (χ2n) is 5.73. The largest absolute Gasteiger partial charge is 0.480 e. The third-order valence-corrected chi connectivity index (χ3v) is 4.69. The molecule has 2 aliphatic rings. The van der Waals surface area contributed by atoms with Crippen LogP contribution in [0.25, 0.3) is 0 Å². The second-order valence-corrected chi connectivity index (χ2v) is 5.73. The van der Waals surface area contributed by atoms with Gasteiger partial charge < -0.3 is 15.3 Å². The Morgan fingerprint density at radius 2 is 2.11 bits per heavy atom. The van der Waals surface area contributed by atoms with Crippen molar-refractivity contribution in [3.05, 3.63) is 0 Å². The van der Waals surface area contributed by atoms with Gasteiger partial charge in [0.15, 0.2) is 0 Å². The van der Waals surface area contributed by atoms with Gasteiger partial charge >= 0.3 is 5.97 Å². The Balaban J connectivity index is 1.93. The van der Waals surface area contributed by atoms with Crippen LogP contribution in [0.2, 0.25) is 0 Å². The van der Waals surface area contributed by atoms with Crippen LogP contribution in [0.4, 0.5) is 0 Å². The third-order valence-electron chi connectivity index (χ3n) is 4.69. The standard InChI is InChI=1S/C14H26N2O2/c1-2-15-14(13(17)18)8-5-6-12(14)7-11-16-9-3-4-10-16/h12,15H,2-11H2,1H3,(H,17,18). The molecule has 0 aromatic heterocycles. The van der Waals surface area contributed by atoms with E-state index in [0.717, 1.165) is 38.8 Å². The van der Waals surface area contributed by atoms with Crippen molar-refractivity contribution in [3.63, 3.8) is 0 Å². The first-order chi connectivity index (χ1) is 8.69. The zero-order valence-corrected chi connectivity index (χ0v) is 11.5. The lowest BCUT2D eigenvalue weighted by molar-refractivity contribution is -0.146. The molecule has 0 spiro atoms. The number of carbonyl (C=O) groups is 1. The molecule has 1 aliphatic carbocycles. The van der Waals surface area contributed by atoms with Gasteiger partial charge in [-0.05, 0) is 64.2 Å². The molecule has 104 valence electrons. The van der Waals surface area contributed by atoms with Crippen LogP contribution < -0.4 is 5.32 Å². The van der Waals surface area contributed by atoms with E-state index in [-0.39, 0.29) is 0 Å². The summed E-state index contributed by atoms with van der Waals surface area (Å²) in [5.41, 5.74) is -0.644. The Morgan fingerprint density at radius 1 is 1.39 bits per heavy atom. The van der Waals surface area contributed by atoms with Gasteiger partial charge in [-0.2, -0.15) is 0 Å². The summed E-state index contributed by atoms with van der Waals surface area (Å²) in [5.74, 6) is -0.344. The van der Waals surface area contributed by atoms with Crippen LogP contribution in [0.3, 0.4) is 0 Å². The van der Waals surface area contributed by atoms with Crippen molar-refractivity contribution in [2.45, 2.75) is 51.0 Å². The number of carboxylic acid groups (broad SMARTS) is 1. The number of hydrogen-bond acceptors (Lipinski definition) is 3. The molecule has 1 saturated carbocycles. The van der Waals surface area contributed by atoms with E-state index in [1.165, 1.54) is 25.9 Å². The van der Waals surface area contributed by atoms with Gasteiger partial charge in [-0.1, -0.05) is 13.3 Å². The van der Waals surface area contributed by atoms with Crippen molar-refractivity contribution < 1.29 is 9.90 Å². The molecule has 1 aliphatic heterocycles. The first-order valence-corrected chi connectivity index (χ1v) is 7.40. The molecule has 0 radical (unpaired) electrons. The highest BCUT2D eigenvalue weighted by Gasteiger charge is 2.48. The van der Waals surface area contributed by atoms with Gasteiger partial charge in [-0.3, -0.25) is 4.79 Å². The average Bonchev–Trinajstić information content (AvgIpc) is 2.96. The lowest BCUT2D eigenvalue weighted by Crippen LogP contribution is -2.55. The zero-order valence-electron chi connectivity index (χ0n) is 11.5. The van der Waals surface area contributed by atoms with Gasteiger partial charge in [0.2, 0.25) is 0 Å². The predicted molar refractivity (Wildman–Crippen MR) is 71.7 cm³/mol. The normalized spacial score (nSPS) is 33.1. The summed E-state index contributed by atoms with van der Waals surface area (Å²) in [6.07, 6.45) is 6.54. The number of likely N-dealkylation sites (N-methyl/N-ethyl adjacent to an activating group) is 1. The SMILES string of the molecule is CCNC1(C(=O)O)CCCC1CCN1CCCC1. The summed E-state index contributed by atoms with van der Waals surface area (Å²) in [5, 5.41) is 12.8. The van der Waals surface area contributed by atoms with E-state index in [2.05, 4.69) is 10.2 Å². The summed E-state index contributed by atoms with van der Waals surface area (Å²) in [6, 6.07) is 0. The van der Waals surface area contributed by atoms with E-state index >= 15 is 0 Å². The Hall–Kier alpha value is -0.610. The fourth-order valence-electron chi connectivity index (χ4n) is 3.72. The van der Waals surface area contributed by atoms with Crippen molar-refractivity contribution in [3.8, 4) is 0 Å². The number of hydrogen-bond donors (Lipinski definition) is 2. The number of nitrogens with zero attached hydrogens (tertiary/aromatic N) is 1. The third kappa shape index (κ3) is 2.69. The van der Waals surface area contributed by atoms with E-state index in [1.807, 2.05) is 6.92 Å². The number of aliphatic carboxylic acids is 1. The Labute approximate surface area is 110 Å². The summed E-state index contributed by atoms with van der Waals surface area (Å²) in [7, 11) is 0. The van der Waals surface area contributed by atoms with Crippen molar-refractivity contribution >= 4 is 5.97 Å². The molecule has 0 bridgehead atoms. The molecule has 4 heteroatoms. The Bertz CT molecular complexity index is 290. The maximum absolute atomic E-state index is 11.6. The zero-order chi connectivity index (χ0) is 13.0. The monoisotopic (exact) mass is 254 g/mol. The Morgan fingerprint density at radius 3 is 2.72 bits per heavy atom. The lowest BCUT2D eigenvalue weighted by atomic mass is 9.84. The highest BCUT2D eigenvalue weighted by molar-refractivity contribution is 5.79. The number of carboxylic acids is 1. The Kier molecular flexibility index (Phi) is 4.62. The van der Waals surface area contributed by atoms with E-state index in [4.69, 9.17) is 0 Å². The van der Waals surface area contributed by atoms with Gasteiger partial charge in [0.25, 0.3) is 0 Å². The maximum Gasteiger partial charge on any atom is 0.324 e. The van der Waals surface area contributed by atoms with Crippen LogP contribution in [-0.4, -0.2) is 47.7 Å². The molecular weight excluding hydrogens is 228 g/mol. The van der Waals surface area contributed by atoms with Crippen molar-refractivity contribution in [2.24, 2.45) is 5.92 Å². The highest BCUT2D eigenvalue weighted by Crippen LogP contribution is 2.38. The molecule has 4 nitrogen and oxygen atoms in total. The fraction of sp³-hybridized carbons (Fsp3) is 0.929. The molecule has 0 aromatic carbocycles. The number of nitrogens with one attached hydrogen (secondary N) is 1.